The summed E-state index contributed by atoms with van der Waals surface area (Å²) in [6, 6.07) is 1.75. The minimum Gasteiger partial charge on any atom is -0.396 e. The largest absolute Gasteiger partial charge is 0.396 e. The lowest BCUT2D eigenvalue weighted by atomic mass is 9.91. The fourth-order valence-corrected chi connectivity index (χ4v) is 2.46. The van der Waals surface area contributed by atoms with Crippen molar-refractivity contribution in [2.24, 2.45) is 0 Å². The van der Waals surface area contributed by atoms with E-state index in [1.54, 1.807) is 4.90 Å². The number of hydrogen-bond acceptors (Lipinski definition) is 3. The van der Waals surface area contributed by atoms with Crippen LogP contribution in [-0.4, -0.2) is 40.1 Å². The van der Waals surface area contributed by atoms with Crippen LogP contribution in [-0.2, 0) is 0 Å². The zero-order valence-electron chi connectivity index (χ0n) is 10.5. The van der Waals surface area contributed by atoms with Crippen LogP contribution in [0.25, 0.3) is 0 Å². The molecule has 0 spiro atoms. The Morgan fingerprint density at radius 1 is 1.47 bits per heavy atom. The quantitative estimate of drug-likeness (QED) is 0.851. The van der Waals surface area contributed by atoms with Crippen molar-refractivity contribution in [3.05, 3.63) is 28.0 Å². The van der Waals surface area contributed by atoms with Crippen molar-refractivity contribution >= 4 is 29.1 Å². The number of pyridine rings is 1. The van der Waals surface area contributed by atoms with E-state index in [-0.39, 0.29) is 23.7 Å². The number of halogens is 2. The van der Waals surface area contributed by atoms with Crippen LogP contribution in [0.15, 0.2) is 12.3 Å². The van der Waals surface area contributed by atoms with Gasteiger partial charge < -0.3 is 10.0 Å². The molecule has 1 fully saturated rings. The summed E-state index contributed by atoms with van der Waals surface area (Å²) in [5.41, 5.74) is 0.381. The van der Waals surface area contributed by atoms with E-state index in [4.69, 9.17) is 28.3 Å². The molecule has 0 unspecified atom stereocenters. The molecular weight excluding hydrogens is 287 g/mol. The monoisotopic (exact) mass is 302 g/mol. The van der Waals surface area contributed by atoms with Crippen LogP contribution < -0.4 is 0 Å². The van der Waals surface area contributed by atoms with Crippen LogP contribution in [0.3, 0.4) is 0 Å². The molecule has 4 nitrogen and oxygen atoms in total. The van der Waals surface area contributed by atoms with E-state index in [0.717, 1.165) is 19.3 Å². The Bertz CT molecular complexity index is 464. The van der Waals surface area contributed by atoms with Gasteiger partial charge >= 0.3 is 0 Å². The number of aliphatic hydroxyl groups excluding tert-OH is 1. The average Bonchev–Trinajstić information content (AvgIpc) is 2.34. The third-order valence-corrected chi connectivity index (χ3v) is 3.89. The molecule has 0 saturated heterocycles. The molecule has 1 aromatic rings. The molecule has 0 radical (unpaired) electrons. The molecule has 1 aliphatic rings. The van der Waals surface area contributed by atoms with Crippen molar-refractivity contribution < 1.29 is 9.90 Å². The number of aromatic nitrogens is 1. The highest BCUT2D eigenvalue weighted by Crippen LogP contribution is 2.28. The van der Waals surface area contributed by atoms with E-state index in [2.05, 4.69) is 4.98 Å². The second-order valence-electron chi connectivity index (χ2n) is 4.65. The molecule has 0 aromatic carbocycles. The van der Waals surface area contributed by atoms with Crippen LogP contribution in [0.2, 0.25) is 10.2 Å². The first-order valence-corrected chi connectivity index (χ1v) is 7.12. The molecule has 1 amide bonds. The Kier molecular flexibility index (Phi) is 5.02. The summed E-state index contributed by atoms with van der Waals surface area (Å²) in [6.45, 7) is 0.609. The smallest absolute Gasteiger partial charge is 0.255 e. The van der Waals surface area contributed by atoms with Crippen molar-refractivity contribution in [3.8, 4) is 0 Å². The molecule has 1 N–H and O–H groups in total. The Hall–Kier alpha value is -0.840. The van der Waals surface area contributed by atoms with E-state index in [1.165, 1.54) is 12.3 Å². The Labute approximate surface area is 122 Å². The van der Waals surface area contributed by atoms with Gasteiger partial charge in [0.15, 0.2) is 0 Å². The summed E-state index contributed by atoms with van der Waals surface area (Å²) in [6.07, 6.45) is 5.11. The van der Waals surface area contributed by atoms with E-state index in [1.807, 2.05) is 0 Å². The summed E-state index contributed by atoms with van der Waals surface area (Å²) in [5.74, 6) is -0.132. The molecule has 0 aliphatic heterocycles. The van der Waals surface area contributed by atoms with Crippen LogP contribution in [0.5, 0.6) is 0 Å². The van der Waals surface area contributed by atoms with Gasteiger partial charge in [-0.25, -0.2) is 4.98 Å². The van der Waals surface area contributed by atoms with E-state index in [0.29, 0.717) is 23.6 Å². The van der Waals surface area contributed by atoms with Gasteiger partial charge in [-0.05, 0) is 31.7 Å². The highest BCUT2D eigenvalue weighted by molar-refractivity contribution is 6.35. The first kappa shape index (κ1) is 14.6. The van der Waals surface area contributed by atoms with Gasteiger partial charge in [0.2, 0.25) is 0 Å². The van der Waals surface area contributed by atoms with E-state index in [9.17, 15) is 4.79 Å². The predicted molar refractivity (Wildman–Crippen MR) is 74.6 cm³/mol. The van der Waals surface area contributed by atoms with Gasteiger partial charge in [0.25, 0.3) is 5.91 Å². The summed E-state index contributed by atoms with van der Waals surface area (Å²) in [7, 11) is 0. The molecule has 1 heterocycles. The molecule has 19 heavy (non-hydrogen) atoms. The molecule has 104 valence electrons. The first-order valence-electron chi connectivity index (χ1n) is 6.36. The van der Waals surface area contributed by atoms with Crippen molar-refractivity contribution in [3.63, 3.8) is 0 Å². The van der Waals surface area contributed by atoms with E-state index >= 15 is 0 Å². The minimum absolute atomic E-state index is 0.0708. The van der Waals surface area contributed by atoms with Crippen molar-refractivity contribution in [2.45, 2.75) is 31.7 Å². The molecule has 2 rings (SSSR count). The summed E-state index contributed by atoms with van der Waals surface area (Å²) in [5, 5.41) is 9.50. The summed E-state index contributed by atoms with van der Waals surface area (Å²) in [4.78, 5) is 18.2. The number of rotatable bonds is 5. The molecular formula is C13H16Cl2N2O2. The first-order chi connectivity index (χ1) is 9.13. The maximum atomic E-state index is 12.5. The maximum absolute atomic E-state index is 12.5. The zero-order chi connectivity index (χ0) is 13.8. The second-order valence-corrected chi connectivity index (χ2v) is 5.44. The normalized spacial score (nSPS) is 15.1. The maximum Gasteiger partial charge on any atom is 0.255 e. The van der Waals surface area contributed by atoms with Gasteiger partial charge in [0.1, 0.15) is 5.15 Å². The van der Waals surface area contributed by atoms with Crippen LogP contribution >= 0.6 is 23.2 Å². The van der Waals surface area contributed by atoms with Crippen molar-refractivity contribution in [2.75, 3.05) is 13.2 Å². The Morgan fingerprint density at radius 2 is 2.21 bits per heavy atom. The lowest BCUT2D eigenvalue weighted by Crippen LogP contribution is -2.45. The number of carbonyl (C=O) groups is 1. The van der Waals surface area contributed by atoms with Crippen LogP contribution in [0.1, 0.15) is 36.0 Å². The summed E-state index contributed by atoms with van der Waals surface area (Å²) >= 11 is 11.8. The highest BCUT2D eigenvalue weighted by atomic mass is 35.5. The topological polar surface area (TPSA) is 53.4 Å². The highest BCUT2D eigenvalue weighted by Gasteiger charge is 2.30. The van der Waals surface area contributed by atoms with Crippen LogP contribution in [0, 0.1) is 0 Å². The summed E-state index contributed by atoms with van der Waals surface area (Å²) < 4.78 is 0. The van der Waals surface area contributed by atoms with E-state index < -0.39 is 0 Å². The number of aliphatic hydroxyl groups is 1. The van der Waals surface area contributed by atoms with Gasteiger partial charge in [0.05, 0.1) is 10.6 Å². The van der Waals surface area contributed by atoms with Crippen LogP contribution in [0.4, 0.5) is 0 Å². The third kappa shape index (κ3) is 3.38. The molecule has 0 bridgehead atoms. The Balaban J connectivity index is 2.19. The van der Waals surface area contributed by atoms with Crippen molar-refractivity contribution in [1.29, 1.82) is 0 Å². The van der Waals surface area contributed by atoms with Gasteiger partial charge in [-0.3, -0.25) is 4.79 Å². The molecule has 1 saturated carbocycles. The van der Waals surface area contributed by atoms with Gasteiger partial charge in [-0.2, -0.15) is 0 Å². The number of carbonyl (C=O) groups excluding carboxylic acids is 1. The predicted octanol–water partition coefficient (Wildman–Crippen LogP) is 2.77. The van der Waals surface area contributed by atoms with Crippen molar-refractivity contribution in [1.82, 2.24) is 9.88 Å². The number of hydrogen-bond donors (Lipinski definition) is 1. The zero-order valence-corrected chi connectivity index (χ0v) is 12.0. The van der Waals surface area contributed by atoms with Gasteiger partial charge in [-0.1, -0.05) is 23.2 Å². The second kappa shape index (κ2) is 6.55. The standard InChI is InChI=1S/C13H16Cl2N2O2/c14-11-8-16-12(15)7-10(11)13(19)17(5-2-6-18)9-3-1-4-9/h7-9,18H,1-6H2. The minimum atomic E-state index is -0.132. The fraction of sp³-hybridized carbons (Fsp3) is 0.538. The molecule has 0 atom stereocenters. The Morgan fingerprint density at radius 3 is 2.79 bits per heavy atom. The molecule has 6 heteroatoms. The lowest BCUT2D eigenvalue weighted by Gasteiger charge is -2.37. The fourth-order valence-electron chi connectivity index (χ4n) is 2.12. The number of nitrogens with zero attached hydrogens (tertiary/aromatic N) is 2. The average molecular weight is 303 g/mol. The molecule has 1 aromatic heterocycles. The lowest BCUT2D eigenvalue weighted by molar-refractivity contribution is 0.0562. The number of amides is 1. The van der Waals surface area contributed by atoms with Gasteiger partial charge in [-0.15, -0.1) is 0 Å². The third-order valence-electron chi connectivity index (χ3n) is 3.39. The SMILES string of the molecule is O=C(c1cc(Cl)ncc1Cl)N(CCCO)C1CCC1. The molecule has 1 aliphatic carbocycles. The van der Waals surface area contributed by atoms with Gasteiger partial charge in [0, 0.05) is 25.4 Å².